The third-order valence-electron chi connectivity index (χ3n) is 8.05. The molecule has 3 aromatic carbocycles. The number of aromatic hydroxyl groups is 3. The van der Waals surface area contributed by atoms with Gasteiger partial charge in [-0.25, -0.2) is 0 Å². The van der Waals surface area contributed by atoms with Gasteiger partial charge < -0.3 is 30.4 Å². The van der Waals surface area contributed by atoms with Gasteiger partial charge in [0.25, 0.3) is 5.91 Å². The zero-order chi connectivity index (χ0) is 30.8. The maximum Gasteiger partial charge on any atom is 0.253 e. The van der Waals surface area contributed by atoms with Gasteiger partial charge in [-0.1, -0.05) is 20.8 Å². The van der Waals surface area contributed by atoms with Crippen molar-refractivity contribution < 1.29 is 20.1 Å². The van der Waals surface area contributed by atoms with Gasteiger partial charge >= 0.3 is 0 Å². The number of hydrogen-bond acceptors (Lipinski definition) is 8. The first-order valence-corrected chi connectivity index (χ1v) is 14.7. The highest BCUT2D eigenvalue weighted by Gasteiger charge is 2.24. The summed E-state index contributed by atoms with van der Waals surface area (Å²) in [5.74, 6) is 1.39. The SMILES string of the molecule is CCNCc1nnc(-c2cc(C(C)C)c(O)cc2O)n1-c1ccc(C(=O)N2CCN(c3cc(C)c(O)c(C)c3)CC2)cc1. The highest BCUT2D eigenvalue weighted by Crippen LogP contribution is 2.38. The molecule has 0 spiro atoms. The fourth-order valence-corrected chi connectivity index (χ4v) is 5.57. The van der Waals surface area contributed by atoms with Gasteiger partial charge in [-0.2, -0.15) is 0 Å². The lowest BCUT2D eigenvalue weighted by molar-refractivity contribution is 0.0746. The second-order valence-corrected chi connectivity index (χ2v) is 11.4. The number of benzene rings is 3. The summed E-state index contributed by atoms with van der Waals surface area (Å²) in [7, 11) is 0. The Hall–Kier alpha value is -4.57. The Morgan fingerprint density at radius 2 is 1.53 bits per heavy atom. The standard InChI is InChI=1S/C33H40N6O4/c1-6-34-19-30-35-36-32(27-17-26(20(2)3)28(40)18-29(27)41)39(30)24-9-7-23(8-10-24)33(43)38-13-11-37(12-14-38)25-15-21(4)31(42)22(5)16-25/h7-10,15-18,20,34,40-42H,6,11-14,19H2,1-5H3. The van der Waals surface area contributed by atoms with Crippen LogP contribution < -0.4 is 10.2 Å². The fourth-order valence-electron chi connectivity index (χ4n) is 5.57. The second-order valence-electron chi connectivity index (χ2n) is 11.4. The molecule has 0 unspecified atom stereocenters. The number of anilines is 1. The monoisotopic (exact) mass is 584 g/mol. The molecule has 1 aliphatic heterocycles. The van der Waals surface area contributed by atoms with E-state index in [0.29, 0.717) is 66.8 Å². The van der Waals surface area contributed by atoms with E-state index >= 15 is 0 Å². The van der Waals surface area contributed by atoms with Crippen molar-refractivity contribution in [1.82, 2.24) is 25.0 Å². The molecule has 0 aliphatic carbocycles. The molecule has 0 saturated carbocycles. The molecule has 4 aromatic rings. The van der Waals surface area contributed by atoms with Crippen LogP contribution in [0.5, 0.6) is 17.2 Å². The Labute approximate surface area is 252 Å². The quantitative estimate of drug-likeness (QED) is 0.231. The second kappa shape index (κ2) is 12.3. The summed E-state index contributed by atoms with van der Waals surface area (Å²) in [6.45, 7) is 13.6. The van der Waals surface area contributed by atoms with E-state index in [4.69, 9.17) is 0 Å². The summed E-state index contributed by atoms with van der Waals surface area (Å²) in [6, 6.07) is 14.4. The number of phenolic OH excluding ortho intramolecular Hbond substituents is 3. The number of amides is 1. The van der Waals surface area contributed by atoms with E-state index in [0.717, 1.165) is 29.0 Å². The number of carbonyl (C=O) groups excluding carboxylic acids is 1. The molecule has 1 fully saturated rings. The van der Waals surface area contributed by atoms with E-state index in [1.165, 1.54) is 6.07 Å². The Morgan fingerprint density at radius 1 is 0.884 bits per heavy atom. The number of carbonyl (C=O) groups is 1. The number of aryl methyl sites for hydroxylation is 2. The molecule has 1 saturated heterocycles. The van der Waals surface area contributed by atoms with E-state index in [1.54, 1.807) is 6.07 Å². The van der Waals surface area contributed by atoms with Crippen molar-refractivity contribution >= 4 is 11.6 Å². The van der Waals surface area contributed by atoms with Gasteiger partial charge in [0.15, 0.2) is 11.6 Å². The zero-order valence-electron chi connectivity index (χ0n) is 25.4. The van der Waals surface area contributed by atoms with E-state index in [-0.39, 0.29) is 23.3 Å². The topological polar surface area (TPSA) is 127 Å². The molecule has 10 nitrogen and oxygen atoms in total. The van der Waals surface area contributed by atoms with Crippen LogP contribution in [0, 0.1) is 13.8 Å². The van der Waals surface area contributed by atoms with Crippen molar-refractivity contribution in [1.29, 1.82) is 0 Å². The molecule has 0 radical (unpaired) electrons. The molecule has 1 aliphatic rings. The number of phenols is 3. The Morgan fingerprint density at radius 3 is 2.14 bits per heavy atom. The van der Waals surface area contributed by atoms with Gasteiger partial charge in [0.2, 0.25) is 0 Å². The van der Waals surface area contributed by atoms with Crippen LogP contribution in [0.2, 0.25) is 0 Å². The molecule has 0 atom stereocenters. The van der Waals surface area contributed by atoms with Crippen LogP contribution in [0.25, 0.3) is 17.1 Å². The Balaban J connectivity index is 1.38. The maximum atomic E-state index is 13.4. The zero-order valence-corrected chi connectivity index (χ0v) is 25.4. The Bertz CT molecular complexity index is 1600. The van der Waals surface area contributed by atoms with Crippen LogP contribution >= 0.6 is 0 Å². The van der Waals surface area contributed by atoms with Crippen molar-refractivity contribution in [3.63, 3.8) is 0 Å². The highest BCUT2D eigenvalue weighted by atomic mass is 16.3. The molecule has 226 valence electrons. The summed E-state index contributed by atoms with van der Waals surface area (Å²) in [5.41, 5.74) is 5.26. The average Bonchev–Trinajstić information content (AvgIpc) is 3.41. The van der Waals surface area contributed by atoms with E-state index < -0.39 is 0 Å². The fraction of sp³-hybridized carbons (Fsp3) is 0.364. The van der Waals surface area contributed by atoms with Gasteiger partial charge in [0.1, 0.15) is 17.2 Å². The minimum Gasteiger partial charge on any atom is -0.508 e. The molecule has 4 N–H and O–H groups in total. The summed E-state index contributed by atoms with van der Waals surface area (Å²) in [5, 5.41) is 43.4. The van der Waals surface area contributed by atoms with Crippen molar-refractivity contribution in [3.05, 3.63) is 76.6 Å². The first-order valence-electron chi connectivity index (χ1n) is 14.7. The van der Waals surface area contributed by atoms with Gasteiger partial charge in [0, 0.05) is 49.2 Å². The smallest absolute Gasteiger partial charge is 0.253 e. The first-order chi connectivity index (χ1) is 20.6. The summed E-state index contributed by atoms with van der Waals surface area (Å²) in [4.78, 5) is 17.6. The number of piperazine rings is 1. The first kappa shape index (κ1) is 29.9. The van der Waals surface area contributed by atoms with Crippen molar-refractivity contribution in [3.8, 4) is 34.3 Å². The number of aromatic nitrogens is 3. The van der Waals surface area contributed by atoms with Crippen LogP contribution in [0.3, 0.4) is 0 Å². The molecule has 43 heavy (non-hydrogen) atoms. The number of nitrogens with one attached hydrogen (secondary N) is 1. The van der Waals surface area contributed by atoms with E-state index in [2.05, 4.69) is 20.4 Å². The van der Waals surface area contributed by atoms with Crippen molar-refractivity contribution in [2.45, 2.75) is 47.1 Å². The third-order valence-corrected chi connectivity index (χ3v) is 8.05. The maximum absolute atomic E-state index is 13.4. The predicted octanol–water partition coefficient (Wildman–Crippen LogP) is 4.86. The van der Waals surface area contributed by atoms with Crippen LogP contribution in [-0.4, -0.2) is 73.6 Å². The molecule has 2 heterocycles. The summed E-state index contributed by atoms with van der Waals surface area (Å²) < 4.78 is 1.87. The molecule has 1 amide bonds. The number of rotatable bonds is 8. The van der Waals surface area contributed by atoms with Gasteiger partial charge in [-0.15, -0.1) is 10.2 Å². The van der Waals surface area contributed by atoms with Crippen LogP contribution in [-0.2, 0) is 6.54 Å². The molecular weight excluding hydrogens is 544 g/mol. The molecule has 10 heteroatoms. The average molecular weight is 585 g/mol. The number of nitrogens with zero attached hydrogens (tertiary/aromatic N) is 5. The number of hydrogen-bond donors (Lipinski definition) is 4. The molecule has 5 rings (SSSR count). The minimum atomic E-state index is -0.0888. The molecule has 0 bridgehead atoms. The van der Waals surface area contributed by atoms with E-state index in [9.17, 15) is 20.1 Å². The molecular formula is C33H40N6O4. The van der Waals surface area contributed by atoms with Crippen molar-refractivity contribution in [2.24, 2.45) is 0 Å². The predicted molar refractivity (Wildman–Crippen MR) is 167 cm³/mol. The lowest BCUT2D eigenvalue weighted by Gasteiger charge is -2.36. The van der Waals surface area contributed by atoms with Gasteiger partial charge in [-0.05, 0) is 85.5 Å². The van der Waals surface area contributed by atoms with Crippen LogP contribution in [0.15, 0.2) is 48.5 Å². The lowest BCUT2D eigenvalue weighted by atomic mass is 9.98. The van der Waals surface area contributed by atoms with Gasteiger partial charge in [-0.3, -0.25) is 9.36 Å². The van der Waals surface area contributed by atoms with Crippen LogP contribution in [0.4, 0.5) is 5.69 Å². The third kappa shape index (κ3) is 6.01. The van der Waals surface area contributed by atoms with Gasteiger partial charge in [0.05, 0.1) is 12.1 Å². The highest BCUT2D eigenvalue weighted by molar-refractivity contribution is 5.94. The van der Waals surface area contributed by atoms with Crippen LogP contribution in [0.1, 0.15) is 59.6 Å². The summed E-state index contributed by atoms with van der Waals surface area (Å²) >= 11 is 0. The normalized spacial score (nSPS) is 13.6. The molecule has 1 aromatic heterocycles. The Kier molecular flexibility index (Phi) is 8.59. The van der Waals surface area contributed by atoms with Crippen molar-refractivity contribution in [2.75, 3.05) is 37.6 Å². The summed E-state index contributed by atoms with van der Waals surface area (Å²) in [6.07, 6.45) is 0. The lowest BCUT2D eigenvalue weighted by Crippen LogP contribution is -2.48. The van der Waals surface area contributed by atoms with E-state index in [1.807, 2.05) is 80.5 Å². The minimum absolute atomic E-state index is 0.0288. The largest absolute Gasteiger partial charge is 0.508 e.